The SMILES string of the molecule is CCNC(=NCC1CCCN1Cc1ccccc1)NC1CCc2nc(C)nn2C1. The van der Waals surface area contributed by atoms with E-state index in [1.807, 2.05) is 11.6 Å². The fraction of sp³-hybridized carbons (Fsp3) is 0.591. The Hall–Kier alpha value is -2.41. The molecule has 2 unspecified atom stereocenters. The summed E-state index contributed by atoms with van der Waals surface area (Å²) >= 11 is 0. The Morgan fingerprint density at radius 1 is 1.24 bits per heavy atom. The molecule has 29 heavy (non-hydrogen) atoms. The number of aryl methyl sites for hydroxylation is 2. The first kappa shape index (κ1) is 19.9. The first-order chi connectivity index (χ1) is 14.2. The molecular weight excluding hydrogens is 362 g/mol. The molecule has 4 rings (SSSR count). The number of nitrogens with one attached hydrogen (secondary N) is 2. The number of guanidine groups is 1. The lowest BCUT2D eigenvalue weighted by Gasteiger charge is -2.26. The van der Waals surface area contributed by atoms with Crippen molar-refractivity contribution < 1.29 is 0 Å². The van der Waals surface area contributed by atoms with Crippen molar-refractivity contribution in [3.63, 3.8) is 0 Å². The number of aromatic nitrogens is 3. The zero-order valence-electron chi connectivity index (χ0n) is 17.6. The minimum Gasteiger partial charge on any atom is -0.357 e. The number of rotatable bonds is 6. The molecule has 2 N–H and O–H groups in total. The van der Waals surface area contributed by atoms with Gasteiger partial charge in [-0.05, 0) is 45.2 Å². The Bertz CT molecular complexity index is 814. The van der Waals surface area contributed by atoms with Crippen molar-refractivity contribution >= 4 is 5.96 Å². The van der Waals surface area contributed by atoms with E-state index in [0.717, 1.165) is 63.2 Å². The second kappa shape index (κ2) is 9.39. The minimum absolute atomic E-state index is 0.338. The molecule has 1 aromatic carbocycles. The van der Waals surface area contributed by atoms with Gasteiger partial charge in [-0.25, -0.2) is 9.67 Å². The lowest BCUT2D eigenvalue weighted by Crippen LogP contribution is -2.47. The molecule has 0 saturated carbocycles. The van der Waals surface area contributed by atoms with E-state index in [1.165, 1.54) is 18.4 Å². The van der Waals surface area contributed by atoms with Gasteiger partial charge in [0.05, 0.1) is 13.1 Å². The van der Waals surface area contributed by atoms with Crippen LogP contribution in [0.1, 0.15) is 43.4 Å². The standard InChI is InChI=1S/C22H33N7/c1-3-23-22(26-19-11-12-21-25-17(2)27-29(21)16-19)24-14-20-10-7-13-28(20)15-18-8-5-4-6-9-18/h4-6,8-9,19-20H,3,7,10-16H2,1-2H3,(H2,23,24,26). The van der Waals surface area contributed by atoms with Gasteiger partial charge in [-0.15, -0.1) is 0 Å². The molecule has 7 nitrogen and oxygen atoms in total. The zero-order chi connectivity index (χ0) is 20.1. The van der Waals surface area contributed by atoms with E-state index in [4.69, 9.17) is 4.99 Å². The van der Waals surface area contributed by atoms with Gasteiger partial charge in [0.1, 0.15) is 11.6 Å². The smallest absolute Gasteiger partial charge is 0.191 e. The van der Waals surface area contributed by atoms with Gasteiger partial charge in [0.25, 0.3) is 0 Å². The molecule has 1 fully saturated rings. The summed E-state index contributed by atoms with van der Waals surface area (Å²) < 4.78 is 2.04. The van der Waals surface area contributed by atoms with Crippen LogP contribution in [0.4, 0.5) is 0 Å². The maximum atomic E-state index is 4.95. The topological polar surface area (TPSA) is 70.4 Å². The summed E-state index contributed by atoms with van der Waals surface area (Å²) in [5.74, 6) is 2.88. The maximum absolute atomic E-state index is 4.95. The lowest BCUT2D eigenvalue weighted by molar-refractivity contribution is 0.250. The number of fused-ring (bicyclic) bond motifs is 1. The Morgan fingerprint density at radius 3 is 2.93 bits per heavy atom. The van der Waals surface area contributed by atoms with Crippen molar-refractivity contribution in [3.05, 3.63) is 47.5 Å². The van der Waals surface area contributed by atoms with Crippen LogP contribution in [0.25, 0.3) is 0 Å². The molecule has 0 radical (unpaired) electrons. The van der Waals surface area contributed by atoms with E-state index in [9.17, 15) is 0 Å². The summed E-state index contributed by atoms with van der Waals surface area (Å²) in [6.07, 6.45) is 4.51. The second-order valence-electron chi connectivity index (χ2n) is 8.11. The first-order valence-electron chi connectivity index (χ1n) is 10.9. The van der Waals surface area contributed by atoms with E-state index in [0.29, 0.717) is 12.1 Å². The van der Waals surface area contributed by atoms with Crippen molar-refractivity contribution in [2.45, 2.75) is 64.7 Å². The summed E-state index contributed by atoms with van der Waals surface area (Å²) in [5, 5.41) is 11.6. The van der Waals surface area contributed by atoms with Crippen molar-refractivity contribution in [1.29, 1.82) is 0 Å². The van der Waals surface area contributed by atoms with Gasteiger partial charge in [0.15, 0.2) is 5.96 Å². The Morgan fingerprint density at radius 2 is 2.10 bits per heavy atom. The maximum Gasteiger partial charge on any atom is 0.191 e. The number of hydrogen-bond acceptors (Lipinski definition) is 4. The van der Waals surface area contributed by atoms with Crippen LogP contribution >= 0.6 is 0 Å². The Kier molecular flexibility index (Phi) is 6.44. The summed E-state index contributed by atoms with van der Waals surface area (Å²) in [6, 6.07) is 11.6. The highest BCUT2D eigenvalue weighted by Gasteiger charge is 2.25. The third-order valence-electron chi connectivity index (χ3n) is 5.84. The number of likely N-dealkylation sites (tertiary alicyclic amines) is 1. The van der Waals surface area contributed by atoms with Crippen LogP contribution in [-0.2, 0) is 19.5 Å². The fourth-order valence-electron chi connectivity index (χ4n) is 4.39. The molecule has 0 amide bonds. The van der Waals surface area contributed by atoms with E-state index in [2.05, 4.69) is 62.9 Å². The van der Waals surface area contributed by atoms with Crippen LogP contribution in [0.15, 0.2) is 35.3 Å². The van der Waals surface area contributed by atoms with Crippen LogP contribution < -0.4 is 10.6 Å². The van der Waals surface area contributed by atoms with Gasteiger partial charge in [-0.2, -0.15) is 5.10 Å². The highest BCUT2D eigenvalue weighted by atomic mass is 15.4. The quantitative estimate of drug-likeness (QED) is 0.579. The predicted molar refractivity (Wildman–Crippen MR) is 116 cm³/mol. The third kappa shape index (κ3) is 5.15. The van der Waals surface area contributed by atoms with Crippen molar-refractivity contribution in [2.24, 2.45) is 4.99 Å². The summed E-state index contributed by atoms with van der Waals surface area (Å²) in [7, 11) is 0. The molecule has 2 aromatic rings. The van der Waals surface area contributed by atoms with Gasteiger partial charge < -0.3 is 10.6 Å². The summed E-state index contributed by atoms with van der Waals surface area (Å²) in [4.78, 5) is 12.0. The minimum atomic E-state index is 0.338. The zero-order valence-corrected chi connectivity index (χ0v) is 17.6. The molecule has 0 spiro atoms. The Balaban J connectivity index is 1.35. The largest absolute Gasteiger partial charge is 0.357 e. The summed E-state index contributed by atoms with van der Waals surface area (Å²) in [6.45, 7) is 8.81. The van der Waals surface area contributed by atoms with Crippen LogP contribution in [-0.4, -0.2) is 57.3 Å². The number of aliphatic imine (C=N–C) groups is 1. The number of benzene rings is 1. The lowest BCUT2D eigenvalue weighted by atomic mass is 10.1. The van der Waals surface area contributed by atoms with Gasteiger partial charge in [-0.3, -0.25) is 9.89 Å². The number of nitrogens with zero attached hydrogens (tertiary/aromatic N) is 5. The molecule has 7 heteroatoms. The molecular formula is C22H33N7. The van der Waals surface area contributed by atoms with E-state index in [1.54, 1.807) is 0 Å². The first-order valence-corrected chi connectivity index (χ1v) is 10.9. The van der Waals surface area contributed by atoms with Gasteiger partial charge >= 0.3 is 0 Å². The highest BCUT2D eigenvalue weighted by Crippen LogP contribution is 2.20. The predicted octanol–water partition coefficient (Wildman–Crippen LogP) is 2.12. The van der Waals surface area contributed by atoms with E-state index < -0.39 is 0 Å². The molecule has 3 heterocycles. The van der Waals surface area contributed by atoms with Crippen LogP contribution in [0.5, 0.6) is 0 Å². The van der Waals surface area contributed by atoms with Crippen LogP contribution in [0, 0.1) is 6.92 Å². The fourth-order valence-corrected chi connectivity index (χ4v) is 4.39. The van der Waals surface area contributed by atoms with Crippen LogP contribution in [0.2, 0.25) is 0 Å². The molecule has 156 valence electrons. The molecule has 2 aliphatic rings. The molecule has 0 aliphatic carbocycles. The number of hydrogen-bond donors (Lipinski definition) is 2. The molecule has 0 bridgehead atoms. The van der Waals surface area contributed by atoms with Crippen molar-refractivity contribution in [3.8, 4) is 0 Å². The van der Waals surface area contributed by atoms with E-state index in [-0.39, 0.29) is 0 Å². The molecule has 1 saturated heterocycles. The van der Waals surface area contributed by atoms with Crippen LogP contribution in [0.3, 0.4) is 0 Å². The third-order valence-corrected chi connectivity index (χ3v) is 5.84. The average Bonchev–Trinajstić information content (AvgIpc) is 3.32. The van der Waals surface area contributed by atoms with Gasteiger partial charge in [0.2, 0.25) is 0 Å². The monoisotopic (exact) mass is 395 g/mol. The molecule has 1 aromatic heterocycles. The van der Waals surface area contributed by atoms with E-state index >= 15 is 0 Å². The molecule has 2 aliphatic heterocycles. The van der Waals surface area contributed by atoms with Gasteiger partial charge in [0, 0.05) is 31.6 Å². The molecule has 2 atom stereocenters. The highest BCUT2D eigenvalue weighted by molar-refractivity contribution is 5.80. The normalized spacial score (nSPS) is 22.5. The van der Waals surface area contributed by atoms with Gasteiger partial charge in [-0.1, -0.05) is 30.3 Å². The van der Waals surface area contributed by atoms with Crippen molar-refractivity contribution in [1.82, 2.24) is 30.3 Å². The second-order valence-corrected chi connectivity index (χ2v) is 8.11. The Labute approximate surface area is 173 Å². The summed E-state index contributed by atoms with van der Waals surface area (Å²) in [5.41, 5.74) is 1.38. The average molecular weight is 396 g/mol. The van der Waals surface area contributed by atoms with Crippen molar-refractivity contribution in [2.75, 3.05) is 19.6 Å².